The molecule has 2 heterocycles. The van der Waals surface area contributed by atoms with Gasteiger partial charge in [0, 0.05) is 18.4 Å². The Hall–Kier alpha value is -0.640. The molecule has 0 N–H and O–H groups in total. The van der Waals surface area contributed by atoms with Gasteiger partial charge in [0.25, 0.3) is 0 Å². The minimum atomic E-state index is -0.000392. The molecule has 0 saturated carbocycles. The first-order valence-electron chi connectivity index (χ1n) is 6.56. The van der Waals surface area contributed by atoms with E-state index < -0.39 is 0 Å². The van der Waals surface area contributed by atoms with Gasteiger partial charge in [0.15, 0.2) is 11.5 Å². The molecule has 2 aliphatic heterocycles. The van der Waals surface area contributed by atoms with Gasteiger partial charge in [0.1, 0.15) is 13.2 Å². The van der Waals surface area contributed by atoms with E-state index in [2.05, 4.69) is 0 Å². The Morgan fingerprint density at radius 2 is 2.00 bits per heavy atom. The van der Waals surface area contributed by atoms with Crippen molar-refractivity contribution in [1.29, 1.82) is 0 Å². The number of benzene rings is 1. The highest BCUT2D eigenvalue weighted by Gasteiger charge is 2.29. The number of hydrogen-bond donors (Lipinski definition) is 0. The molecular formula is C14H16Cl2O3. The maximum Gasteiger partial charge on any atom is 0.179 e. The monoisotopic (exact) mass is 302 g/mol. The van der Waals surface area contributed by atoms with Crippen LogP contribution in [0, 0.1) is 5.92 Å². The SMILES string of the molecule is ClCC1CCCOC1c1cc(Cl)c2c(c1)OCCO2. The van der Waals surface area contributed by atoms with E-state index >= 15 is 0 Å². The van der Waals surface area contributed by atoms with Gasteiger partial charge >= 0.3 is 0 Å². The van der Waals surface area contributed by atoms with Crippen LogP contribution in [0.5, 0.6) is 11.5 Å². The van der Waals surface area contributed by atoms with Gasteiger partial charge < -0.3 is 14.2 Å². The Labute approximate surface area is 122 Å². The van der Waals surface area contributed by atoms with Crippen LogP contribution in [-0.4, -0.2) is 25.7 Å². The third-order valence-corrected chi connectivity index (χ3v) is 4.27. The quantitative estimate of drug-likeness (QED) is 0.777. The molecule has 0 radical (unpaired) electrons. The van der Waals surface area contributed by atoms with Crippen LogP contribution in [0.3, 0.4) is 0 Å². The third-order valence-electron chi connectivity index (χ3n) is 3.59. The molecular weight excluding hydrogens is 287 g/mol. The van der Waals surface area contributed by atoms with Crippen LogP contribution in [0.25, 0.3) is 0 Å². The Morgan fingerprint density at radius 3 is 2.84 bits per heavy atom. The van der Waals surface area contributed by atoms with Crippen LogP contribution in [0.2, 0.25) is 5.02 Å². The molecule has 3 nitrogen and oxygen atoms in total. The topological polar surface area (TPSA) is 27.7 Å². The molecule has 2 unspecified atom stereocenters. The molecule has 0 amide bonds. The van der Waals surface area contributed by atoms with Crippen LogP contribution < -0.4 is 9.47 Å². The number of rotatable bonds is 2. The van der Waals surface area contributed by atoms with Gasteiger partial charge in [-0.25, -0.2) is 0 Å². The van der Waals surface area contributed by atoms with Gasteiger partial charge in [-0.2, -0.15) is 0 Å². The van der Waals surface area contributed by atoms with Crippen molar-refractivity contribution in [1.82, 2.24) is 0 Å². The highest BCUT2D eigenvalue weighted by atomic mass is 35.5. The minimum Gasteiger partial charge on any atom is -0.486 e. The first-order chi connectivity index (χ1) is 9.29. The molecule has 2 aliphatic rings. The fourth-order valence-electron chi connectivity index (χ4n) is 2.66. The molecule has 0 spiro atoms. The van der Waals surface area contributed by atoms with Crippen molar-refractivity contribution in [2.24, 2.45) is 5.92 Å². The Kier molecular flexibility index (Phi) is 4.06. The van der Waals surface area contributed by atoms with E-state index in [0.717, 1.165) is 25.0 Å². The molecule has 0 aromatic heterocycles. The summed E-state index contributed by atoms with van der Waals surface area (Å²) in [6.07, 6.45) is 2.14. The standard InChI is InChI=1S/C14H16Cl2O3/c15-8-9-2-1-3-18-13(9)10-6-11(16)14-12(7-10)17-4-5-19-14/h6-7,9,13H,1-5,8H2. The lowest BCUT2D eigenvalue weighted by molar-refractivity contribution is -0.0210. The van der Waals surface area contributed by atoms with Crippen LogP contribution in [0.4, 0.5) is 0 Å². The number of halogens is 2. The van der Waals surface area contributed by atoms with Crippen molar-refractivity contribution in [3.63, 3.8) is 0 Å². The van der Waals surface area contributed by atoms with Crippen molar-refractivity contribution < 1.29 is 14.2 Å². The Morgan fingerprint density at radius 1 is 1.16 bits per heavy atom. The predicted octanol–water partition coefficient (Wildman–Crippen LogP) is 3.82. The summed E-state index contributed by atoms with van der Waals surface area (Å²) in [5, 5.41) is 0.578. The fraction of sp³-hybridized carbons (Fsp3) is 0.571. The molecule has 1 aromatic rings. The average Bonchev–Trinajstić information content (AvgIpc) is 2.47. The molecule has 1 saturated heterocycles. The zero-order valence-corrected chi connectivity index (χ0v) is 12.0. The maximum atomic E-state index is 6.26. The van der Waals surface area contributed by atoms with Crippen molar-refractivity contribution in [3.8, 4) is 11.5 Å². The van der Waals surface area contributed by atoms with Gasteiger partial charge in [-0.05, 0) is 30.5 Å². The molecule has 3 rings (SSSR count). The normalized spacial score (nSPS) is 26.2. The summed E-state index contributed by atoms with van der Waals surface area (Å²) >= 11 is 12.3. The van der Waals surface area contributed by atoms with Crippen LogP contribution in [0.1, 0.15) is 24.5 Å². The summed E-state index contributed by atoms with van der Waals surface area (Å²) in [5.74, 6) is 2.26. The Balaban J connectivity index is 1.93. The summed E-state index contributed by atoms with van der Waals surface area (Å²) in [6, 6.07) is 3.88. The smallest absolute Gasteiger partial charge is 0.179 e. The fourth-order valence-corrected chi connectivity index (χ4v) is 3.25. The molecule has 2 atom stereocenters. The van der Waals surface area contributed by atoms with Gasteiger partial charge in [0.2, 0.25) is 0 Å². The van der Waals surface area contributed by atoms with E-state index in [0.29, 0.717) is 41.5 Å². The third kappa shape index (κ3) is 2.64. The molecule has 0 bridgehead atoms. The second-order valence-corrected chi connectivity index (χ2v) is 5.59. The van der Waals surface area contributed by atoms with Gasteiger partial charge in [0.05, 0.1) is 11.1 Å². The maximum absolute atomic E-state index is 6.26. The van der Waals surface area contributed by atoms with Crippen molar-refractivity contribution in [3.05, 3.63) is 22.7 Å². The van der Waals surface area contributed by atoms with Crippen molar-refractivity contribution >= 4 is 23.2 Å². The van der Waals surface area contributed by atoms with E-state index in [1.165, 1.54) is 0 Å². The number of hydrogen-bond acceptors (Lipinski definition) is 3. The van der Waals surface area contributed by atoms with E-state index in [1.54, 1.807) is 0 Å². The number of ether oxygens (including phenoxy) is 3. The van der Waals surface area contributed by atoms with Gasteiger partial charge in [-0.3, -0.25) is 0 Å². The van der Waals surface area contributed by atoms with Gasteiger partial charge in [-0.1, -0.05) is 11.6 Å². The molecule has 5 heteroatoms. The second-order valence-electron chi connectivity index (χ2n) is 4.87. The van der Waals surface area contributed by atoms with E-state index in [9.17, 15) is 0 Å². The zero-order chi connectivity index (χ0) is 13.2. The molecule has 1 aromatic carbocycles. The second kappa shape index (κ2) is 5.78. The highest BCUT2D eigenvalue weighted by molar-refractivity contribution is 6.32. The van der Waals surface area contributed by atoms with Crippen molar-refractivity contribution in [2.45, 2.75) is 18.9 Å². The number of fused-ring (bicyclic) bond motifs is 1. The van der Waals surface area contributed by atoms with E-state index in [4.69, 9.17) is 37.4 Å². The summed E-state index contributed by atoms with van der Waals surface area (Å²) in [6.45, 7) is 1.86. The molecule has 1 fully saturated rings. The largest absolute Gasteiger partial charge is 0.486 e. The van der Waals surface area contributed by atoms with Crippen molar-refractivity contribution in [2.75, 3.05) is 25.7 Å². The lowest BCUT2D eigenvalue weighted by Gasteiger charge is -2.31. The average molecular weight is 303 g/mol. The summed E-state index contributed by atoms with van der Waals surface area (Å²) in [4.78, 5) is 0. The first-order valence-corrected chi connectivity index (χ1v) is 7.47. The molecule has 104 valence electrons. The lowest BCUT2D eigenvalue weighted by Crippen LogP contribution is -2.24. The predicted molar refractivity (Wildman–Crippen MR) is 74.6 cm³/mol. The molecule has 19 heavy (non-hydrogen) atoms. The van der Waals surface area contributed by atoms with Crippen LogP contribution in [-0.2, 0) is 4.74 Å². The number of alkyl halides is 1. The van der Waals surface area contributed by atoms with E-state index in [1.807, 2.05) is 12.1 Å². The van der Waals surface area contributed by atoms with E-state index in [-0.39, 0.29) is 6.10 Å². The van der Waals surface area contributed by atoms with Gasteiger partial charge in [-0.15, -0.1) is 11.6 Å². The summed E-state index contributed by atoms with van der Waals surface area (Å²) in [5.41, 5.74) is 1.03. The highest BCUT2D eigenvalue weighted by Crippen LogP contribution is 2.43. The minimum absolute atomic E-state index is 0.000392. The zero-order valence-electron chi connectivity index (χ0n) is 10.5. The van der Waals surface area contributed by atoms with Crippen LogP contribution >= 0.6 is 23.2 Å². The van der Waals surface area contributed by atoms with Crippen LogP contribution in [0.15, 0.2) is 12.1 Å². The summed E-state index contributed by atoms with van der Waals surface area (Å²) < 4.78 is 17.0. The molecule has 0 aliphatic carbocycles. The first kappa shape index (κ1) is 13.3. The summed E-state index contributed by atoms with van der Waals surface area (Å²) in [7, 11) is 0. The lowest BCUT2D eigenvalue weighted by atomic mass is 9.91. The Bertz CT molecular complexity index is 464.